The second-order valence-corrected chi connectivity index (χ2v) is 8.54. The number of aliphatic hydroxyl groups is 1. The summed E-state index contributed by atoms with van der Waals surface area (Å²) in [6.45, 7) is 0. The standard InChI is InChI=1S/C23H21NO5S/c1-28-18-8-6-7-16(13-18)23(25)22-15-17-14-19(29-2)11-12-21(17)24(22)30(26,27)20-9-4-3-5-10-20/h3-15,23,25H,1-2H3. The number of nitrogens with zero attached hydrogens (tertiary/aromatic N) is 1. The first-order valence-electron chi connectivity index (χ1n) is 9.27. The molecule has 154 valence electrons. The Labute approximate surface area is 175 Å². The highest BCUT2D eigenvalue weighted by molar-refractivity contribution is 7.90. The molecule has 1 heterocycles. The van der Waals surface area contributed by atoms with Crippen LogP contribution in [0.3, 0.4) is 0 Å². The minimum atomic E-state index is -3.96. The highest BCUT2D eigenvalue weighted by Gasteiger charge is 2.27. The summed E-state index contributed by atoms with van der Waals surface area (Å²) >= 11 is 0. The Morgan fingerprint density at radius 1 is 0.833 bits per heavy atom. The Hall–Kier alpha value is -3.29. The van der Waals surface area contributed by atoms with Crippen LogP contribution in [0.1, 0.15) is 17.4 Å². The summed E-state index contributed by atoms with van der Waals surface area (Å²) in [5.74, 6) is 1.17. The van der Waals surface area contributed by atoms with E-state index in [1.165, 1.54) is 23.2 Å². The largest absolute Gasteiger partial charge is 0.497 e. The van der Waals surface area contributed by atoms with Gasteiger partial charge in [0, 0.05) is 5.39 Å². The van der Waals surface area contributed by atoms with E-state index in [1.807, 2.05) is 0 Å². The van der Waals surface area contributed by atoms with Gasteiger partial charge in [0.05, 0.1) is 30.3 Å². The van der Waals surface area contributed by atoms with Crippen molar-refractivity contribution in [2.24, 2.45) is 0 Å². The van der Waals surface area contributed by atoms with Crippen molar-refractivity contribution in [3.63, 3.8) is 0 Å². The van der Waals surface area contributed by atoms with E-state index in [4.69, 9.17) is 9.47 Å². The maximum Gasteiger partial charge on any atom is 0.268 e. The zero-order chi connectivity index (χ0) is 21.3. The van der Waals surface area contributed by atoms with Gasteiger partial charge in [-0.3, -0.25) is 0 Å². The SMILES string of the molecule is COc1cccc(C(O)c2cc3cc(OC)ccc3n2S(=O)(=O)c2ccccc2)c1. The molecule has 0 aliphatic carbocycles. The molecule has 0 bridgehead atoms. The van der Waals surface area contributed by atoms with Gasteiger partial charge in [-0.25, -0.2) is 12.4 Å². The van der Waals surface area contributed by atoms with Crippen molar-refractivity contribution in [2.45, 2.75) is 11.0 Å². The number of aliphatic hydroxyl groups excluding tert-OH is 1. The van der Waals surface area contributed by atoms with Gasteiger partial charge < -0.3 is 14.6 Å². The molecule has 4 aromatic rings. The number of aromatic nitrogens is 1. The zero-order valence-electron chi connectivity index (χ0n) is 16.5. The third-order valence-electron chi connectivity index (χ3n) is 4.96. The molecule has 6 nitrogen and oxygen atoms in total. The van der Waals surface area contributed by atoms with E-state index in [1.54, 1.807) is 73.8 Å². The summed E-state index contributed by atoms with van der Waals surface area (Å²) in [5.41, 5.74) is 1.21. The number of hydrogen-bond donors (Lipinski definition) is 1. The van der Waals surface area contributed by atoms with Gasteiger partial charge >= 0.3 is 0 Å². The number of hydrogen-bond acceptors (Lipinski definition) is 5. The summed E-state index contributed by atoms with van der Waals surface area (Å²) in [6, 6.07) is 21.9. The smallest absolute Gasteiger partial charge is 0.268 e. The number of fused-ring (bicyclic) bond motifs is 1. The molecule has 0 radical (unpaired) electrons. The van der Waals surface area contributed by atoms with Crippen LogP contribution < -0.4 is 9.47 Å². The Morgan fingerprint density at radius 2 is 1.53 bits per heavy atom. The molecule has 1 unspecified atom stereocenters. The molecule has 1 N–H and O–H groups in total. The van der Waals surface area contributed by atoms with Gasteiger partial charge in [-0.05, 0) is 54.1 Å². The van der Waals surface area contributed by atoms with E-state index < -0.39 is 16.1 Å². The second kappa shape index (κ2) is 7.85. The van der Waals surface area contributed by atoms with Crippen LogP contribution >= 0.6 is 0 Å². The predicted molar refractivity (Wildman–Crippen MR) is 115 cm³/mol. The molecule has 30 heavy (non-hydrogen) atoms. The van der Waals surface area contributed by atoms with E-state index in [9.17, 15) is 13.5 Å². The first kappa shape index (κ1) is 20.0. The average molecular weight is 423 g/mol. The molecule has 1 atom stereocenters. The van der Waals surface area contributed by atoms with Crippen molar-refractivity contribution in [2.75, 3.05) is 14.2 Å². The summed E-state index contributed by atoms with van der Waals surface area (Å²) in [4.78, 5) is 0.136. The van der Waals surface area contributed by atoms with Crippen molar-refractivity contribution >= 4 is 20.9 Å². The Balaban J connectivity index is 1.98. The molecule has 0 fully saturated rings. The third-order valence-corrected chi connectivity index (χ3v) is 6.72. The molecule has 0 saturated heterocycles. The van der Waals surface area contributed by atoms with E-state index in [-0.39, 0.29) is 10.6 Å². The maximum absolute atomic E-state index is 13.5. The van der Waals surface area contributed by atoms with Crippen molar-refractivity contribution in [1.82, 2.24) is 3.97 Å². The van der Waals surface area contributed by atoms with Crippen LogP contribution in [0.2, 0.25) is 0 Å². The lowest BCUT2D eigenvalue weighted by atomic mass is 10.1. The van der Waals surface area contributed by atoms with Crippen LogP contribution in [0.5, 0.6) is 11.5 Å². The van der Waals surface area contributed by atoms with Crippen LogP contribution in [0, 0.1) is 0 Å². The first-order chi connectivity index (χ1) is 14.5. The molecule has 1 aromatic heterocycles. The third kappa shape index (κ3) is 3.42. The number of rotatable bonds is 6. The van der Waals surface area contributed by atoms with Crippen LogP contribution in [-0.4, -0.2) is 31.7 Å². The van der Waals surface area contributed by atoms with Gasteiger partial charge in [-0.15, -0.1) is 0 Å². The monoisotopic (exact) mass is 423 g/mol. The number of benzene rings is 3. The van der Waals surface area contributed by atoms with Crippen LogP contribution in [-0.2, 0) is 10.0 Å². The fourth-order valence-electron chi connectivity index (χ4n) is 3.46. The topological polar surface area (TPSA) is 77.8 Å². The minimum absolute atomic E-state index is 0.136. The van der Waals surface area contributed by atoms with Gasteiger partial charge in [0.1, 0.15) is 17.6 Å². The molecule has 0 amide bonds. The molecule has 0 aliphatic rings. The summed E-state index contributed by atoms with van der Waals surface area (Å²) in [6.07, 6.45) is -1.18. The van der Waals surface area contributed by atoms with E-state index in [0.717, 1.165) is 0 Å². The molecule has 0 saturated carbocycles. The van der Waals surface area contributed by atoms with E-state index in [2.05, 4.69) is 0 Å². The Bertz CT molecular complexity index is 1300. The van der Waals surface area contributed by atoms with Crippen LogP contribution in [0.25, 0.3) is 10.9 Å². The first-order valence-corrected chi connectivity index (χ1v) is 10.7. The molecule has 0 aliphatic heterocycles. The normalized spacial score (nSPS) is 12.6. The van der Waals surface area contributed by atoms with Gasteiger partial charge in [0.25, 0.3) is 10.0 Å². The number of ether oxygens (including phenoxy) is 2. The Morgan fingerprint density at radius 3 is 2.23 bits per heavy atom. The summed E-state index contributed by atoms with van der Waals surface area (Å²) in [5, 5.41) is 11.8. The highest BCUT2D eigenvalue weighted by atomic mass is 32.2. The van der Waals surface area contributed by atoms with Crippen molar-refractivity contribution in [1.29, 1.82) is 0 Å². The lowest BCUT2D eigenvalue weighted by molar-refractivity contribution is 0.214. The summed E-state index contributed by atoms with van der Waals surface area (Å²) < 4.78 is 38.8. The lowest BCUT2D eigenvalue weighted by Crippen LogP contribution is -2.18. The minimum Gasteiger partial charge on any atom is -0.497 e. The molecule has 3 aromatic carbocycles. The molecule has 7 heteroatoms. The van der Waals surface area contributed by atoms with Crippen LogP contribution in [0.15, 0.2) is 83.8 Å². The van der Waals surface area contributed by atoms with Crippen molar-refractivity contribution in [3.05, 3.63) is 90.1 Å². The van der Waals surface area contributed by atoms with Gasteiger partial charge in [0.15, 0.2) is 0 Å². The molecular weight excluding hydrogens is 402 g/mol. The average Bonchev–Trinajstić information content (AvgIpc) is 3.18. The van der Waals surface area contributed by atoms with Gasteiger partial charge in [0.2, 0.25) is 0 Å². The lowest BCUT2D eigenvalue weighted by Gasteiger charge is -2.17. The van der Waals surface area contributed by atoms with E-state index >= 15 is 0 Å². The van der Waals surface area contributed by atoms with Crippen molar-refractivity contribution < 1.29 is 23.0 Å². The van der Waals surface area contributed by atoms with E-state index in [0.29, 0.717) is 28.0 Å². The van der Waals surface area contributed by atoms with Gasteiger partial charge in [-0.1, -0.05) is 30.3 Å². The fraction of sp³-hybridized carbons (Fsp3) is 0.130. The maximum atomic E-state index is 13.5. The predicted octanol–water partition coefficient (Wildman–Crippen LogP) is 3.98. The van der Waals surface area contributed by atoms with Crippen molar-refractivity contribution in [3.8, 4) is 11.5 Å². The molecule has 4 rings (SSSR count). The summed E-state index contributed by atoms with van der Waals surface area (Å²) in [7, 11) is -0.874. The number of methoxy groups -OCH3 is 2. The molecular formula is C23H21NO5S. The van der Waals surface area contributed by atoms with Crippen LogP contribution in [0.4, 0.5) is 0 Å². The molecule has 0 spiro atoms. The Kier molecular flexibility index (Phi) is 5.24. The second-order valence-electron chi connectivity index (χ2n) is 6.76. The zero-order valence-corrected chi connectivity index (χ0v) is 17.3. The quantitative estimate of drug-likeness (QED) is 0.508. The fourth-order valence-corrected chi connectivity index (χ4v) is 5.02. The van der Waals surface area contributed by atoms with Gasteiger partial charge in [-0.2, -0.15) is 0 Å². The highest BCUT2D eigenvalue weighted by Crippen LogP contribution is 2.34.